The van der Waals surface area contributed by atoms with Gasteiger partial charge in [0.1, 0.15) is 43.3 Å². The van der Waals surface area contributed by atoms with Crippen molar-refractivity contribution in [1.29, 1.82) is 0 Å². The maximum absolute atomic E-state index is 14.4. The van der Waals surface area contributed by atoms with E-state index in [9.17, 15) is 24.0 Å². The molecule has 0 spiro atoms. The van der Waals surface area contributed by atoms with Gasteiger partial charge >= 0.3 is 0 Å². The van der Waals surface area contributed by atoms with E-state index in [1.54, 1.807) is 34.6 Å². The molecule has 0 radical (unpaired) electrons. The number of aromatic nitrogens is 2. The van der Waals surface area contributed by atoms with Gasteiger partial charge in [-0.05, 0) is 47.1 Å². The Balaban J connectivity index is 1.32. The van der Waals surface area contributed by atoms with Crippen LogP contribution in [-0.2, 0) is 43.7 Å². The number of likely N-dealkylation sites (tertiary alicyclic amines) is 1. The van der Waals surface area contributed by atoms with Crippen molar-refractivity contribution < 1.29 is 38.2 Å². The summed E-state index contributed by atoms with van der Waals surface area (Å²) in [5.41, 5.74) is 2.83. The Morgan fingerprint density at radius 2 is 1.42 bits per heavy atom. The Bertz CT molecular complexity index is 2000. The van der Waals surface area contributed by atoms with Gasteiger partial charge in [0.05, 0.1) is 24.9 Å². The van der Waals surface area contributed by atoms with Crippen molar-refractivity contribution in [2.75, 3.05) is 6.54 Å². The summed E-state index contributed by atoms with van der Waals surface area (Å²) >= 11 is 0. The summed E-state index contributed by atoms with van der Waals surface area (Å²) in [6, 6.07) is 21.4. The molecule has 0 aliphatic carbocycles. The molecule has 312 valence electrons. The fourth-order valence-electron chi connectivity index (χ4n) is 6.58. The number of nitrogens with one attached hydrogen (secondary N) is 3. The van der Waals surface area contributed by atoms with E-state index < -0.39 is 59.8 Å². The molecule has 14 nitrogen and oxygen atoms in total. The number of hydrogen-bond donors (Lipinski definition) is 3. The second-order valence-corrected chi connectivity index (χ2v) is 15.2. The molecule has 5 rings (SSSR count). The van der Waals surface area contributed by atoms with E-state index >= 15 is 0 Å². The number of nitrogens with zero attached hydrogens (tertiary/aromatic N) is 3. The van der Waals surface area contributed by atoms with Gasteiger partial charge in [0.2, 0.25) is 17.7 Å². The zero-order valence-electron chi connectivity index (χ0n) is 34.2. The monoisotopic (exact) mass is 806 g/mol. The highest BCUT2D eigenvalue weighted by Gasteiger charge is 2.44. The molecule has 1 fully saturated rings. The lowest BCUT2D eigenvalue weighted by atomic mass is 9.98. The van der Waals surface area contributed by atoms with E-state index in [1.807, 2.05) is 78.9 Å². The van der Waals surface area contributed by atoms with Crippen molar-refractivity contribution >= 4 is 29.9 Å². The van der Waals surface area contributed by atoms with Crippen LogP contribution in [-0.4, -0.2) is 81.6 Å². The van der Waals surface area contributed by atoms with Gasteiger partial charge in [-0.1, -0.05) is 101 Å². The lowest BCUT2D eigenvalue weighted by molar-refractivity contribution is -0.143. The molecular weight excluding hydrogens is 753 g/mol. The summed E-state index contributed by atoms with van der Waals surface area (Å²) in [7, 11) is 0. The predicted octanol–water partition coefficient (Wildman–Crippen LogP) is 4.81. The Labute approximate surface area is 345 Å². The number of aldehydes is 1. The van der Waals surface area contributed by atoms with Crippen molar-refractivity contribution in [2.45, 2.75) is 97.6 Å². The quantitative estimate of drug-likeness (QED) is 0.105. The highest BCUT2D eigenvalue weighted by atomic mass is 16.5. The first-order valence-electron chi connectivity index (χ1n) is 20.0. The topological polar surface area (TPSA) is 178 Å². The highest BCUT2D eigenvalue weighted by Crippen LogP contribution is 2.31. The van der Waals surface area contributed by atoms with Gasteiger partial charge in [-0.2, -0.15) is 0 Å². The van der Waals surface area contributed by atoms with E-state index in [1.165, 1.54) is 23.5 Å². The SMILES string of the molecule is CC[C@@H](C=O)NC(=O)[C@@H]1C[C@@H](OCc2ccc(OCc3ccccc3)c(OCc3ccccc3)c2)CN1C(=O)[C@@H](NC(=O)[C@@H](NC(=O)c1cnccn1)C(C)C)C(C)C. The molecule has 0 bridgehead atoms. The standard InChI is InChI=1S/C45H54N6O8/c1-6-34(25-52)48-43(54)37-22-35(24-51(37)45(56)41(30(4)5)50-44(55)40(29(2)3)49-42(53)36-23-46-19-20-47-36)57-28-33-17-18-38(58-26-31-13-9-7-10-14-31)39(21-33)59-27-32-15-11-8-12-16-32/h7-21,23,25,29-30,34-35,37,40-41H,6,22,24,26-28H2,1-5H3,(H,48,54)(H,49,53)(H,50,55)/t34-,35+,37-,40-,41-/m0/s1. The van der Waals surface area contributed by atoms with Crippen molar-refractivity contribution in [2.24, 2.45) is 11.8 Å². The van der Waals surface area contributed by atoms with E-state index in [0.29, 0.717) is 37.4 Å². The Hall–Kier alpha value is -6.15. The van der Waals surface area contributed by atoms with Crippen molar-refractivity contribution in [3.63, 3.8) is 0 Å². The molecule has 4 amide bonds. The number of ether oxygens (including phenoxy) is 3. The van der Waals surface area contributed by atoms with Gasteiger partial charge in [-0.25, -0.2) is 4.98 Å². The summed E-state index contributed by atoms with van der Waals surface area (Å²) in [4.78, 5) is 75.9. The fraction of sp³-hybridized carbons (Fsp3) is 0.400. The van der Waals surface area contributed by atoms with Crippen LogP contribution in [0, 0.1) is 11.8 Å². The van der Waals surface area contributed by atoms with Crippen LogP contribution in [0.4, 0.5) is 0 Å². The molecule has 3 aromatic carbocycles. The van der Waals surface area contributed by atoms with Gasteiger partial charge in [0.25, 0.3) is 5.91 Å². The molecule has 2 heterocycles. The molecule has 0 saturated carbocycles. The number of amides is 4. The average molecular weight is 807 g/mol. The maximum atomic E-state index is 14.4. The third kappa shape index (κ3) is 12.4. The summed E-state index contributed by atoms with van der Waals surface area (Å²) < 4.78 is 18.8. The summed E-state index contributed by atoms with van der Waals surface area (Å²) in [6.45, 7) is 9.77. The maximum Gasteiger partial charge on any atom is 0.272 e. The van der Waals surface area contributed by atoms with Crippen LogP contribution in [0.15, 0.2) is 97.5 Å². The molecule has 1 aliphatic rings. The molecule has 1 aromatic heterocycles. The zero-order valence-corrected chi connectivity index (χ0v) is 34.2. The highest BCUT2D eigenvalue weighted by molar-refractivity contribution is 5.98. The molecule has 3 N–H and O–H groups in total. The molecule has 14 heteroatoms. The molecule has 4 aromatic rings. The van der Waals surface area contributed by atoms with Gasteiger partial charge in [0.15, 0.2) is 11.5 Å². The third-order valence-electron chi connectivity index (χ3n) is 10.0. The second-order valence-electron chi connectivity index (χ2n) is 15.2. The summed E-state index contributed by atoms with van der Waals surface area (Å²) in [5.74, 6) is -1.76. The number of hydrogen-bond acceptors (Lipinski definition) is 10. The molecular formula is C45H54N6O8. The van der Waals surface area contributed by atoms with Gasteiger partial charge in [-0.3, -0.25) is 24.2 Å². The second kappa shape index (κ2) is 21.6. The van der Waals surface area contributed by atoms with Crippen molar-refractivity contribution in [3.05, 3.63) is 120 Å². The lowest BCUT2D eigenvalue weighted by Crippen LogP contribution is -2.59. The Morgan fingerprint density at radius 3 is 2.00 bits per heavy atom. The smallest absolute Gasteiger partial charge is 0.272 e. The van der Waals surface area contributed by atoms with Crippen LogP contribution >= 0.6 is 0 Å². The van der Waals surface area contributed by atoms with Gasteiger partial charge in [-0.15, -0.1) is 0 Å². The average Bonchev–Trinajstić information content (AvgIpc) is 3.69. The molecule has 5 atom stereocenters. The van der Waals surface area contributed by atoms with Crippen LogP contribution in [0.25, 0.3) is 0 Å². The summed E-state index contributed by atoms with van der Waals surface area (Å²) in [5, 5.41) is 8.31. The Kier molecular flexibility index (Phi) is 16.1. The number of benzene rings is 3. The van der Waals surface area contributed by atoms with Crippen LogP contribution < -0.4 is 25.4 Å². The van der Waals surface area contributed by atoms with Crippen LogP contribution in [0.3, 0.4) is 0 Å². The van der Waals surface area contributed by atoms with Gasteiger partial charge in [0, 0.05) is 25.4 Å². The molecule has 1 saturated heterocycles. The first kappa shape index (κ1) is 44.0. The minimum absolute atomic E-state index is 0.0448. The zero-order chi connectivity index (χ0) is 42.3. The third-order valence-corrected chi connectivity index (χ3v) is 10.0. The minimum atomic E-state index is -1.05. The number of rotatable bonds is 20. The van der Waals surface area contributed by atoms with E-state index in [-0.39, 0.29) is 31.2 Å². The van der Waals surface area contributed by atoms with Crippen molar-refractivity contribution in [1.82, 2.24) is 30.8 Å². The molecule has 0 unspecified atom stereocenters. The fourth-order valence-corrected chi connectivity index (χ4v) is 6.58. The Morgan fingerprint density at radius 1 is 0.780 bits per heavy atom. The van der Waals surface area contributed by atoms with Crippen molar-refractivity contribution in [3.8, 4) is 11.5 Å². The predicted molar refractivity (Wildman–Crippen MR) is 220 cm³/mol. The van der Waals surface area contributed by atoms with E-state index in [2.05, 4.69) is 25.9 Å². The number of carbonyl (C=O) groups is 5. The van der Waals surface area contributed by atoms with E-state index in [4.69, 9.17) is 14.2 Å². The van der Waals surface area contributed by atoms with E-state index in [0.717, 1.165) is 16.7 Å². The largest absolute Gasteiger partial charge is 0.485 e. The van der Waals surface area contributed by atoms with Gasteiger partial charge < -0.3 is 39.9 Å². The molecule has 59 heavy (non-hydrogen) atoms. The summed E-state index contributed by atoms with van der Waals surface area (Å²) in [6.07, 6.45) is 4.74. The molecule has 1 aliphatic heterocycles. The first-order chi connectivity index (χ1) is 28.5. The minimum Gasteiger partial charge on any atom is -0.485 e. The first-order valence-corrected chi connectivity index (χ1v) is 20.0. The van der Waals surface area contributed by atoms with Crippen LogP contribution in [0.1, 0.15) is 74.6 Å². The van der Waals surface area contributed by atoms with Crippen LogP contribution in [0.2, 0.25) is 0 Å². The lowest BCUT2D eigenvalue weighted by Gasteiger charge is -2.32. The van der Waals surface area contributed by atoms with Crippen LogP contribution in [0.5, 0.6) is 11.5 Å². The normalized spacial score (nSPS) is 16.5. The number of carbonyl (C=O) groups excluding carboxylic acids is 5.